The topological polar surface area (TPSA) is 37.8 Å². The Balaban J connectivity index is 1.99. The fraction of sp³-hybridized carbons (Fsp3) is 0.429. The minimum absolute atomic E-state index is 0.428. The predicted octanol–water partition coefficient (Wildman–Crippen LogP) is 3.11. The van der Waals surface area contributed by atoms with Crippen LogP contribution in [-0.2, 0) is 6.42 Å². The summed E-state index contributed by atoms with van der Waals surface area (Å²) in [5.41, 5.74) is 3.44. The maximum absolute atomic E-state index is 4.82. The first-order valence-electron chi connectivity index (χ1n) is 6.38. The zero-order chi connectivity index (χ0) is 12.5. The highest BCUT2D eigenvalue weighted by molar-refractivity contribution is 7.15. The van der Waals surface area contributed by atoms with Gasteiger partial charge < -0.3 is 5.32 Å². The molecule has 94 valence electrons. The van der Waals surface area contributed by atoms with E-state index >= 15 is 0 Å². The van der Waals surface area contributed by atoms with E-state index in [1.165, 1.54) is 29.8 Å². The Hall–Kier alpha value is -1.26. The van der Waals surface area contributed by atoms with Gasteiger partial charge in [0.05, 0.1) is 11.7 Å². The van der Waals surface area contributed by atoms with Crippen molar-refractivity contribution < 1.29 is 0 Å². The van der Waals surface area contributed by atoms with Crippen LogP contribution in [0.1, 0.15) is 35.1 Å². The van der Waals surface area contributed by atoms with E-state index in [4.69, 9.17) is 4.98 Å². The highest BCUT2D eigenvalue weighted by Crippen LogP contribution is 2.36. The Labute approximate surface area is 111 Å². The largest absolute Gasteiger partial charge is 0.312 e. The summed E-state index contributed by atoms with van der Waals surface area (Å²) < 4.78 is 0. The van der Waals surface area contributed by atoms with Crippen LogP contribution in [0.25, 0.3) is 10.6 Å². The molecule has 0 amide bonds. The molecule has 0 aliphatic heterocycles. The van der Waals surface area contributed by atoms with E-state index in [2.05, 4.69) is 16.4 Å². The molecule has 1 aliphatic rings. The summed E-state index contributed by atoms with van der Waals surface area (Å²) in [4.78, 5) is 10.6. The quantitative estimate of drug-likeness (QED) is 0.900. The molecule has 1 unspecified atom stereocenters. The van der Waals surface area contributed by atoms with Crippen LogP contribution in [0.5, 0.6) is 0 Å². The Kier molecular flexibility index (Phi) is 3.14. The number of hydrogen-bond acceptors (Lipinski definition) is 4. The Morgan fingerprint density at radius 3 is 3.00 bits per heavy atom. The average Bonchev–Trinajstić information content (AvgIpc) is 2.83. The fourth-order valence-corrected chi connectivity index (χ4v) is 3.57. The van der Waals surface area contributed by atoms with Crippen molar-refractivity contribution in [3.63, 3.8) is 0 Å². The van der Waals surface area contributed by atoms with Crippen LogP contribution in [0, 0.1) is 6.92 Å². The fourth-order valence-electron chi connectivity index (χ4n) is 2.42. The van der Waals surface area contributed by atoms with E-state index in [1.54, 1.807) is 0 Å². The molecule has 4 heteroatoms. The van der Waals surface area contributed by atoms with Crippen LogP contribution in [0.2, 0.25) is 0 Å². The number of aromatic nitrogens is 2. The molecule has 0 radical (unpaired) electrons. The maximum atomic E-state index is 4.82. The van der Waals surface area contributed by atoms with Crippen LogP contribution in [0.15, 0.2) is 18.3 Å². The van der Waals surface area contributed by atoms with E-state index < -0.39 is 0 Å². The van der Waals surface area contributed by atoms with Gasteiger partial charge in [0.1, 0.15) is 5.01 Å². The number of aryl methyl sites for hydroxylation is 2. The molecule has 1 atom stereocenters. The molecule has 0 saturated carbocycles. The predicted molar refractivity (Wildman–Crippen MR) is 74.8 cm³/mol. The van der Waals surface area contributed by atoms with Crippen molar-refractivity contribution in [3.8, 4) is 10.6 Å². The van der Waals surface area contributed by atoms with Crippen molar-refractivity contribution in [2.24, 2.45) is 0 Å². The molecule has 0 spiro atoms. The molecule has 1 aliphatic carbocycles. The van der Waals surface area contributed by atoms with Crippen molar-refractivity contribution in [1.29, 1.82) is 0 Å². The second-order valence-corrected chi connectivity index (χ2v) is 5.83. The first kappa shape index (κ1) is 11.8. The van der Waals surface area contributed by atoms with Crippen molar-refractivity contribution >= 4 is 11.3 Å². The van der Waals surface area contributed by atoms with Crippen LogP contribution < -0.4 is 5.32 Å². The molecule has 0 bridgehead atoms. The lowest BCUT2D eigenvalue weighted by Crippen LogP contribution is -2.21. The van der Waals surface area contributed by atoms with Crippen molar-refractivity contribution in [2.75, 3.05) is 7.05 Å². The van der Waals surface area contributed by atoms with Crippen LogP contribution in [0.4, 0.5) is 0 Å². The molecule has 2 heterocycles. The number of nitrogens with zero attached hydrogens (tertiary/aromatic N) is 2. The lowest BCUT2D eigenvalue weighted by atomic mass is 9.98. The summed E-state index contributed by atoms with van der Waals surface area (Å²) in [5.74, 6) is 0. The standard InChI is InChI=1S/C14H17N3S/c1-9-6-7-10(8-16-9)14-17-13-11(15-2)4-3-5-12(13)18-14/h6-8,11,15H,3-5H2,1-2H3. The summed E-state index contributed by atoms with van der Waals surface area (Å²) in [6.45, 7) is 2.01. The van der Waals surface area contributed by atoms with Crippen molar-refractivity contribution in [2.45, 2.75) is 32.2 Å². The van der Waals surface area contributed by atoms with E-state index in [0.717, 1.165) is 16.3 Å². The second-order valence-electron chi connectivity index (χ2n) is 4.75. The molecule has 3 rings (SSSR count). The monoisotopic (exact) mass is 259 g/mol. The number of thiazole rings is 1. The molecular formula is C14H17N3S. The van der Waals surface area contributed by atoms with Gasteiger partial charge in [-0.15, -0.1) is 11.3 Å². The van der Waals surface area contributed by atoms with E-state index in [0.29, 0.717) is 6.04 Å². The van der Waals surface area contributed by atoms with Gasteiger partial charge in [0, 0.05) is 22.3 Å². The molecule has 0 fully saturated rings. The number of hydrogen-bond donors (Lipinski definition) is 1. The molecule has 3 nitrogen and oxygen atoms in total. The highest BCUT2D eigenvalue weighted by Gasteiger charge is 2.23. The summed E-state index contributed by atoms with van der Waals surface area (Å²) in [6, 6.07) is 4.59. The van der Waals surface area contributed by atoms with Crippen molar-refractivity contribution in [3.05, 3.63) is 34.6 Å². The number of rotatable bonds is 2. The highest BCUT2D eigenvalue weighted by atomic mass is 32.1. The lowest BCUT2D eigenvalue weighted by Gasteiger charge is -2.19. The maximum Gasteiger partial charge on any atom is 0.125 e. The number of nitrogens with one attached hydrogen (secondary N) is 1. The van der Waals surface area contributed by atoms with Crippen LogP contribution in [-0.4, -0.2) is 17.0 Å². The number of fused-ring (bicyclic) bond motifs is 1. The van der Waals surface area contributed by atoms with E-state index in [-0.39, 0.29) is 0 Å². The third-order valence-electron chi connectivity index (χ3n) is 3.46. The van der Waals surface area contributed by atoms with Gasteiger partial charge in [0.15, 0.2) is 0 Å². The van der Waals surface area contributed by atoms with Gasteiger partial charge in [-0.1, -0.05) is 0 Å². The second kappa shape index (κ2) is 4.78. The minimum atomic E-state index is 0.428. The molecule has 1 N–H and O–H groups in total. The van der Waals surface area contributed by atoms with Gasteiger partial charge in [-0.3, -0.25) is 4.98 Å². The SMILES string of the molecule is CNC1CCCc2sc(-c3ccc(C)nc3)nc21. The van der Waals surface area contributed by atoms with Crippen molar-refractivity contribution in [1.82, 2.24) is 15.3 Å². The number of pyridine rings is 1. The Morgan fingerprint density at radius 2 is 2.28 bits per heavy atom. The van der Waals surface area contributed by atoms with Crippen LogP contribution in [0.3, 0.4) is 0 Å². The smallest absolute Gasteiger partial charge is 0.125 e. The van der Waals surface area contributed by atoms with E-state index in [1.807, 2.05) is 37.6 Å². The average molecular weight is 259 g/mol. The molecule has 2 aromatic heterocycles. The third kappa shape index (κ3) is 2.06. The summed E-state index contributed by atoms with van der Waals surface area (Å²) in [7, 11) is 2.02. The molecule has 0 saturated heterocycles. The third-order valence-corrected chi connectivity index (χ3v) is 4.64. The van der Waals surface area contributed by atoms with Gasteiger partial charge in [-0.05, 0) is 45.4 Å². The van der Waals surface area contributed by atoms with Gasteiger partial charge in [0.25, 0.3) is 0 Å². The van der Waals surface area contributed by atoms with E-state index in [9.17, 15) is 0 Å². The Bertz CT molecular complexity index is 545. The zero-order valence-electron chi connectivity index (χ0n) is 10.7. The molecular weight excluding hydrogens is 242 g/mol. The summed E-state index contributed by atoms with van der Waals surface area (Å²) in [6.07, 6.45) is 5.55. The van der Waals surface area contributed by atoms with Gasteiger partial charge in [-0.2, -0.15) is 0 Å². The first-order chi connectivity index (χ1) is 8.78. The van der Waals surface area contributed by atoms with Gasteiger partial charge in [0.2, 0.25) is 0 Å². The van der Waals surface area contributed by atoms with Gasteiger partial charge >= 0.3 is 0 Å². The first-order valence-corrected chi connectivity index (χ1v) is 7.19. The summed E-state index contributed by atoms with van der Waals surface area (Å²) >= 11 is 1.82. The lowest BCUT2D eigenvalue weighted by molar-refractivity contribution is 0.490. The molecule has 0 aromatic carbocycles. The summed E-state index contributed by atoms with van der Waals surface area (Å²) in [5, 5.41) is 4.47. The Morgan fingerprint density at radius 1 is 1.39 bits per heavy atom. The molecule has 2 aromatic rings. The normalized spacial score (nSPS) is 18.7. The van der Waals surface area contributed by atoms with Gasteiger partial charge in [-0.25, -0.2) is 4.98 Å². The zero-order valence-corrected chi connectivity index (χ0v) is 11.5. The molecule has 18 heavy (non-hydrogen) atoms. The minimum Gasteiger partial charge on any atom is -0.312 e. The van der Waals surface area contributed by atoms with Crippen LogP contribution >= 0.6 is 11.3 Å².